The van der Waals surface area contributed by atoms with Crippen LogP contribution < -0.4 is 18.9 Å². The number of hydrogen-bond acceptors (Lipinski definition) is 8. The number of hydrogen-bond donors (Lipinski definition) is 0. The number of carbonyl (C=O) groups is 3. The highest BCUT2D eigenvalue weighted by Crippen LogP contribution is 2.39. The summed E-state index contributed by atoms with van der Waals surface area (Å²) in [6, 6.07) is 17.1. The minimum Gasteiger partial charge on any atom is -0.493 e. The first-order valence-corrected chi connectivity index (χ1v) is 12.7. The maximum Gasteiger partial charge on any atom is 0.343 e. The van der Waals surface area contributed by atoms with E-state index in [0.29, 0.717) is 22.6 Å². The fraction of sp³-hybridized carbons (Fsp3) is 0.179. The predicted molar refractivity (Wildman–Crippen MR) is 145 cm³/mol. The van der Waals surface area contributed by atoms with Crippen molar-refractivity contribution in [2.24, 2.45) is 0 Å². The molecule has 1 fully saturated rings. The van der Waals surface area contributed by atoms with Crippen molar-refractivity contribution < 1.29 is 33.3 Å². The Morgan fingerprint density at radius 3 is 2.34 bits per heavy atom. The van der Waals surface area contributed by atoms with Crippen LogP contribution in [-0.2, 0) is 4.79 Å². The second kappa shape index (κ2) is 12.1. The molecule has 0 spiro atoms. The number of thioether (sulfide) groups is 1. The molecule has 1 saturated heterocycles. The van der Waals surface area contributed by atoms with E-state index in [0.717, 1.165) is 22.2 Å². The maximum atomic E-state index is 12.9. The Hall–Kier alpha value is -3.95. The van der Waals surface area contributed by atoms with Crippen LogP contribution in [0.3, 0.4) is 0 Å². The van der Waals surface area contributed by atoms with Gasteiger partial charge in [0.25, 0.3) is 11.1 Å². The first kappa shape index (κ1) is 27.1. The van der Waals surface area contributed by atoms with Crippen molar-refractivity contribution in [2.75, 3.05) is 27.4 Å². The Morgan fingerprint density at radius 1 is 0.974 bits per heavy atom. The van der Waals surface area contributed by atoms with Crippen LogP contribution in [0, 0.1) is 6.92 Å². The second-order valence-corrected chi connectivity index (χ2v) is 9.52. The number of esters is 1. The van der Waals surface area contributed by atoms with Crippen LogP contribution in [0.15, 0.2) is 65.6 Å². The standard InChI is InChI=1S/C28H24ClNO7S/c1-17-8-10-19(11-9-17)27(32)37-25-20(29)14-18(15-23(25)35-3)16-24-26(31)30(28(33)38-24)12-13-36-22-7-5-4-6-21(22)34-2/h4-11,14-16H,12-13H2,1-3H3/b24-16-. The lowest BCUT2D eigenvalue weighted by Crippen LogP contribution is -2.32. The van der Waals surface area contributed by atoms with Gasteiger partial charge in [-0.2, -0.15) is 0 Å². The van der Waals surface area contributed by atoms with Crippen molar-refractivity contribution in [1.29, 1.82) is 0 Å². The summed E-state index contributed by atoms with van der Waals surface area (Å²) in [5.41, 5.74) is 1.87. The van der Waals surface area contributed by atoms with Crippen LogP contribution in [0.5, 0.6) is 23.0 Å². The molecule has 0 N–H and O–H groups in total. The zero-order valence-corrected chi connectivity index (χ0v) is 22.4. The topological polar surface area (TPSA) is 91.4 Å². The van der Waals surface area contributed by atoms with Crippen LogP contribution in [0.2, 0.25) is 5.02 Å². The molecular formula is C28H24ClNO7S. The minimum atomic E-state index is -0.589. The largest absolute Gasteiger partial charge is 0.493 e. The van der Waals surface area contributed by atoms with E-state index in [2.05, 4.69) is 0 Å². The summed E-state index contributed by atoms with van der Waals surface area (Å²) >= 11 is 7.23. The fourth-order valence-electron chi connectivity index (χ4n) is 3.59. The molecule has 1 heterocycles. The quantitative estimate of drug-likeness (QED) is 0.181. The summed E-state index contributed by atoms with van der Waals surface area (Å²) < 4.78 is 21.8. The number of nitrogens with zero attached hydrogens (tertiary/aromatic N) is 1. The lowest BCUT2D eigenvalue weighted by molar-refractivity contribution is -0.123. The van der Waals surface area contributed by atoms with E-state index < -0.39 is 17.1 Å². The smallest absolute Gasteiger partial charge is 0.343 e. The van der Waals surface area contributed by atoms with Crippen molar-refractivity contribution in [3.63, 3.8) is 0 Å². The molecule has 0 atom stereocenters. The van der Waals surface area contributed by atoms with Gasteiger partial charge < -0.3 is 18.9 Å². The van der Waals surface area contributed by atoms with Gasteiger partial charge in [0.1, 0.15) is 6.61 Å². The van der Waals surface area contributed by atoms with Crippen LogP contribution >= 0.6 is 23.4 Å². The Labute approximate surface area is 229 Å². The van der Waals surface area contributed by atoms with Gasteiger partial charge in [-0.3, -0.25) is 14.5 Å². The van der Waals surface area contributed by atoms with E-state index in [9.17, 15) is 14.4 Å². The molecule has 0 unspecified atom stereocenters. The number of ether oxygens (including phenoxy) is 4. The zero-order chi connectivity index (χ0) is 27.2. The van der Waals surface area contributed by atoms with Gasteiger partial charge in [0.15, 0.2) is 23.0 Å². The summed E-state index contributed by atoms with van der Waals surface area (Å²) in [4.78, 5) is 39.3. The van der Waals surface area contributed by atoms with Crippen molar-refractivity contribution in [3.8, 4) is 23.0 Å². The molecule has 0 aromatic heterocycles. The van der Waals surface area contributed by atoms with Gasteiger partial charge in [-0.15, -0.1) is 0 Å². The zero-order valence-electron chi connectivity index (χ0n) is 20.9. The summed E-state index contributed by atoms with van der Waals surface area (Å²) in [5, 5.41) is -0.299. The van der Waals surface area contributed by atoms with Gasteiger partial charge in [-0.05, 0) is 66.7 Å². The molecule has 2 amide bonds. The Kier molecular flexibility index (Phi) is 8.60. The van der Waals surface area contributed by atoms with Crippen LogP contribution in [-0.4, -0.2) is 49.4 Å². The molecule has 3 aromatic rings. The summed E-state index contributed by atoms with van der Waals surface area (Å²) in [6.07, 6.45) is 1.53. The fourth-order valence-corrected chi connectivity index (χ4v) is 4.72. The molecular weight excluding hydrogens is 530 g/mol. The lowest BCUT2D eigenvalue weighted by atomic mass is 10.1. The van der Waals surface area contributed by atoms with Gasteiger partial charge in [0, 0.05) is 0 Å². The summed E-state index contributed by atoms with van der Waals surface area (Å²) in [6.45, 7) is 2.09. The van der Waals surface area contributed by atoms with Gasteiger partial charge in [-0.1, -0.05) is 41.4 Å². The van der Waals surface area contributed by atoms with Gasteiger partial charge in [0.05, 0.1) is 36.3 Å². The monoisotopic (exact) mass is 553 g/mol. The van der Waals surface area contributed by atoms with E-state index in [1.807, 2.05) is 13.0 Å². The summed E-state index contributed by atoms with van der Waals surface area (Å²) in [7, 11) is 2.94. The Bertz CT molecular complexity index is 1400. The van der Waals surface area contributed by atoms with Crippen molar-refractivity contribution in [2.45, 2.75) is 6.92 Å². The lowest BCUT2D eigenvalue weighted by Gasteiger charge is -2.14. The van der Waals surface area contributed by atoms with E-state index in [4.69, 9.17) is 30.5 Å². The van der Waals surface area contributed by atoms with E-state index in [-0.39, 0.29) is 34.6 Å². The van der Waals surface area contributed by atoms with Crippen LogP contribution in [0.25, 0.3) is 6.08 Å². The molecule has 4 rings (SSSR count). The molecule has 0 saturated carbocycles. The van der Waals surface area contributed by atoms with Crippen LogP contribution in [0.1, 0.15) is 21.5 Å². The first-order valence-electron chi connectivity index (χ1n) is 11.5. The number of para-hydroxylation sites is 2. The Balaban J connectivity index is 1.46. The molecule has 196 valence electrons. The molecule has 1 aliphatic rings. The minimum absolute atomic E-state index is 0.0542. The normalized spacial score (nSPS) is 14.1. The van der Waals surface area contributed by atoms with Gasteiger partial charge >= 0.3 is 5.97 Å². The number of benzene rings is 3. The molecule has 1 aliphatic heterocycles. The van der Waals surface area contributed by atoms with Gasteiger partial charge in [-0.25, -0.2) is 4.79 Å². The third-order valence-electron chi connectivity index (χ3n) is 5.55. The molecule has 0 radical (unpaired) electrons. The van der Waals surface area contributed by atoms with Crippen molar-refractivity contribution in [1.82, 2.24) is 4.90 Å². The number of aryl methyl sites for hydroxylation is 1. The van der Waals surface area contributed by atoms with Gasteiger partial charge in [0.2, 0.25) is 0 Å². The molecule has 10 heteroatoms. The number of halogens is 1. The number of amides is 2. The molecule has 38 heavy (non-hydrogen) atoms. The number of imide groups is 1. The highest BCUT2D eigenvalue weighted by atomic mass is 35.5. The van der Waals surface area contributed by atoms with E-state index >= 15 is 0 Å². The van der Waals surface area contributed by atoms with Crippen LogP contribution in [0.4, 0.5) is 4.79 Å². The van der Waals surface area contributed by atoms with E-state index in [1.165, 1.54) is 26.4 Å². The first-order chi connectivity index (χ1) is 18.3. The van der Waals surface area contributed by atoms with Crippen molar-refractivity contribution in [3.05, 3.63) is 87.3 Å². The van der Waals surface area contributed by atoms with E-state index in [1.54, 1.807) is 48.5 Å². The molecule has 8 nitrogen and oxygen atoms in total. The average Bonchev–Trinajstić information content (AvgIpc) is 3.17. The number of carbonyl (C=O) groups excluding carboxylic acids is 3. The molecule has 3 aromatic carbocycles. The summed E-state index contributed by atoms with van der Waals surface area (Å²) in [5.74, 6) is 0.290. The third kappa shape index (κ3) is 6.12. The Morgan fingerprint density at radius 2 is 1.66 bits per heavy atom. The SMILES string of the molecule is COc1ccccc1OCCN1C(=O)S/C(=C\c2cc(Cl)c(OC(=O)c3ccc(C)cc3)c(OC)c2)C1=O. The third-order valence-corrected chi connectivity index (χ3v) is 6.73. The second-order valence-electron chi connectivity index (χ2n) is 8.12. The number of methoxy groups -OCH3 is 2. The number of rotatable bonds is 9. The molecule has 0 aliphatic carbocycles. The maximum absolute atomic E-state index is 12.9. The molecule has 0 bridgehead atoms. The highest BCUT2D eigenvalue weighted by molar-refractivity contribution is 8.18. The predicted octanol–water partition coefficient (Wildman–Crippen LogP) is 6.00. The highest BCUT2D eigenvalue weighted by Gasteiger charge is 2.35. The average molecular weight is 554 g/mol. The van der Waals surface area contributed by atoms with Crippen molar-refractivity contribution >= 4 is 46.6 Å².